The Morgan fingerprint density at radius 2 is 1.29 bits per heavy atom. The average Bonchev–Trinajstić information content (AvgIpc) is 2.07. The Morgan fingerprint density at radius 1 is 1.07 bits per heavy atom. The monoisotopic (exact) mass is 230 g/mol. The highest BCUT2D eigenvalue weighted by Gasteiger charge is 2.24. The van der Waals surface area contributed by atoms with Gasteiger partial charge in [0.15, 0.2) is 0 Å². The van der Waals surface area contributed by atoms with Gasteiger partial charge in [-0.15, -0.1) is 0 Å². The lowest BCUT2D eigenvalue weighted by molar-refractivity contribution is 0.00304. The standard InChI is InChI=1S/C6H14O3.CH4O3S/c1-2-6(3-7,4-8)5-9;1-5(2,3)4/h7-9H,2-5H2,1H3;1H3,(H,2,3,4). The smallest absolute Gasteiger partial charge is 0.261 e. The number of aliphatic hydroxyl groups excluding tert-OH is 3. The third kappa shape index (κ3) is 9.87. The highest BCUT2D eigenvalue weighted by Crippen LogP contribution is 2.18. The SMILES string of the molecule is CCC(CO)(CO)CO.CS(=O)(=O)O. The van der Waals surface area contributed by atoms with Gasteiger partial charge in [-0.2, -0.15) is 8.42 Å². The first kappa shape index (κ1) is 16.2. The van der Waals surface area contributed by atoms with E-state index in [-0.39, 0.29) is 19.8 Å². The van der Waals surface area contributed by atoms with Crippen LogP contribution in [0.25, 0.3) is 0 Å². The summed E-state index contributed by atoms with van der Waals surface area (Å²) in [7, 11) is -3.67. The van der Waals surface area contributed by atoms with Gasteiger partial charge in [0.25, 0.3) is 10.1 Å². The zero-order valence-corrected chi connectivity index (χ0v) is 9.16. The molecule has 4 N–H and O–H groups in total. The molecule has 0 bridgehead atoms. The minimum atomic E-state index is -3.67. The molecule has 0 heterocycles. The third-order valence-corrected chi connectivity index (χ3v) is 1.76. The molecule has 0 spiro atoms. The Labute approximate surface area is 83.9 Å². The second-order valence-electron chi connectivity index (χ2n) is 3.06. The highest BCUT2D eigenvalue weighted by molar-refractivity contribution is 7.85. The molecule has 0 aliphatic rings. The van der Waals surface area contributed by atoms with Crippen molar-refractivity contribution in [1.82, 2.24) is 0 Å². The van der Waals surface area contributed by atoms with Crippen molar-refractivity contribution in [2.24, 2.45) is 5.41 Å². The molecule has 0 aromatic rings. The molecule has 0 radical (unpaired) electrons. The van der Waals surface area contributed by atoms with Crippen molar-refractivity contribution in [2.45, 2.75) is 13.3 Å². The summed E-state index contributed by atoms with van der Waals surface area (Å²) in [5.41, 5.74) is -0.667. The van der Waals surface area contributed by atoms with Gasteiger partial charge >= 0.3 is 0 Å². The molecule has 0 atom stereocenters. The molecule has 88 valence electrons. The maximum atomic E-state index is 9.19. The zero-order chi connectivity index (χ0) is 11.8. The van der Waals surface area contributed by atoms with E-state index < -0.39 is 15.5 Å². The number of aliphatic hydroxyl groups is 3. The molecule has 0 aromatic carbocycles. The van der Waals surface area contributed by atoms with Gasteiger partial charge in [-0.25, -0.2) is 0 Å². The summed E-state index contributed by atoms with van der Waals surface area (Å²) in [6, 6.07) is 0. The predicted octanol–water partition coefficient (Wildman–Crippen LogP) is -1.14. The Balaban J connectivity index is 0. The second kappa shape index (κ2) is 7.13. The van der Waals surface area contributed by atoms with Crippen molar-refractivity contribution >= 4 is 10.1 Å². The number of hydrogen-bond acceptors (Lipinski definition) is 5. The van der Waals surface area contributed by atoms with E-state index in [2.05, 4.69) is 0 Å². The summed E-state index contributed by atoms with van der Waals surface area (Å²) < 4.78 is 25.9. The summed E-state index contributed by atoms with van der Waals surface area (Å²) in [4.78, 5) is 0. The van der Waals surface area contributed by atoms with Gasteiger partial charge in [0.2, 0.25) is 0 Å². The Bertz CT molecular complexity index is 193. The maximum absolute atomic E-state index is 9.19. The van der Waals surface area contributed by atoms with Gasteiger partial charge < -0.3 is 15.3 Å². The molecule has 0 rings (SSSR count). The molecule has 0 saturated carbocycles. The van der Waals surface area contributed by atoms with Crippen LogP contribution in [0.5, 0.6) is 0 Å². The molecule has 14 heavy (non-hydrogen) atoms. The molecule has 0 fully saturated rings. The molecular formula is C7H18O6S. The summed E-state index contributed by atoms with van der Waals surface area (Å²) >= 11 is 0. The van der Waals surface area contributed by atoms with Crippen LogP contribution in [0.1, 0.15) is 13.3 Å². The quantitative estimate of drug-likeness (QED) is 0.454. The lowest BCUT2D eigenvalue weighted by Crippen LogP contribution is -2.32. The van der Waals surface area contributed by atoms with Crippen molar-refractivity contribution in [3.8, 4) is 0 Å². The van der Waals surface area contributed by atoms with Crippen molar-refractivity contribution in [3.05, 3.63) is 0 Å². The fraction of sp³-hybridized carbons (Fsp3) is 1.00. The fourth-order valence-corrected chi connectivity index (χ4v) is 0.485. The van der Waals surface area contributed by atoms with Crippen molar-refractivity contribution in [2.75, 3.05) is 26.1 Å². The molecule has 0 unspecified atom stereocenters. The van der Waals surface area contributed by atoms with E-state index in [4.69, 9.17) is 19.9 Å². The van der Waals surface area contributed by atoms with Gasteiger partial charge in [0, 0.05) is 5.41 Å². The summed E-state index contributed by atoms with van der Waals surface area (Å²) in [5.74, 6) is 0. The van der Waals surface area contributed by atoms with Crippen LogP contribution in [-0.4, -0.2) is 54.4 Å². The summed E-state index contributed by atoms with van der Waals surface area (Å²) in [5, 5.41) is 26.0. The van der Waals surface area contributed by atoms with E-state index in [1.807, 2.05) is 6.92 Å². The highest BCUT2D eigenvalue weighted by atomic mass is 32.2. The number of rotatable bonds is 4. The van der Waals surface area contributed by atoms with Gasteiger partial charge in [0.1, 0.15) is 0 Å². The summed E-state index contributed by atoms with van der Waals surface area (Å²) in [6.07, 6.45) is 1.31. The Hall–Kier alpha value is -0.210. The molecule has 0 aromatic heterocycles. The van der Waals surface area contributed by atoms with Gasteiger partial charge in [0.05, 0.1) is 26.1 Å². The molecule has 7 heteroatoms. The van der Waals surface area contributed by atoms with Gasteiger partial charge in [-0.1, -0.05) is 6.92 Å². The van der Waals surface area contributed by atoms with E-state index in [0.29, 0.717) is 12.7 Å². The normalized spacial score (nSPS) is 11.9. The van der Waals surface area contributed by atoms with Crippen LogP contribution in [0.3, 0.4) is 0 Å². The molecule has 6 nitrogen and oxygen atoms in total. The van der Waals surface area contributed by atoms with Crippen molar-refractivity contribution < 1.29 is 28.3 Å². The van der Waals surface area contributed by atoms with Crippen LogP contribution < -0.4 is 0 Å². The average molecular weight is 230 g/mol. The molecule has 0 saturated heterocycles. The number of hydrogen-bond donors (Lipinski definition) is 4. The summed E-state index contributed by atoms with van der Waals surface area (Å²) in [6.45, 7) is 1.35. The lowest BCUT2D eigenvalue weighted by Gasteiger charge is -2.24. The molecule has 0 aliphatic carbocycles. The van der Waals surface area contributed by atoms with Crippen molar-refractivity contribution in [1.29, 1.82) is 0 Å². The van der Waals surface area contributed by atoms with Crippen LogP contribution in [-0.2, 0) is 10.1 Å². The fourth-order valence-electron chi connectivity index (χ4n) is 0.485. The minimum absolute atomic E-state index is 0.156. The molecular weight excluding hydrogens is 212 g/mol. The minimum Gasteiger partial charge on any atom is -0.396 e. The first-order valence-corrected chi connectivity index (χ1v) is 5.84. The van der Waals surface area contributed by atoms with E-state index in [9.17, 15) is 8.42 Å². The maximum Gasteiger partial charge on any atom is 0.261 e. The second-order valence-corrected chi connectivity index (χ2v) is 4.53. The largest absolute Gasteiger partial charge is 0.396 e. The van der Waals surface area contributed by atoms with Crippen LogP contribution >= 0.6 is 0 Å². The topological polar surface area (TPSA) is 115 Å². The first-order valence-electron chi connectivity index (χ1n) is 3.99. The van der Waals surface area contributed by atoms with E-state index in [0.717, 1.165) is 0 Å². The van der Waals surface area contributed by atoms with E-state index in [1.165, 1.54) is 0 Å². The molecule has 0 amide bonds. The van der Waals surface area contributed by atoms with Crippen LogP contribution in [0.15, 0.2) is 0 Å². The van der Waals surface area contributed by atoms with Crippen LogP contribution in [0.4, 0.5) is 0 Å². The molecule has 0 aliphatic heterocycles. The Morgan fingerprint density at radius 3 is 1.29 bits per heavy atom. The third-order valence-electron chi connectivity index (χ3n) is 1.76. The van der Waals surface area contributed by atoms with E-state index >= 15 is 0 Å². The van der Waals surface area contributed by atoms with Gasteiger partial charge in [-0.05, 0) is 6.42 Å². The Kier molecular flexibility index (Phi) is 8.27. The van der Waals surface area contributed by atoms with Crippen LogP contribution in [0, 0.1) is 5.41 Å². The zero-order valence-electron chi connectivity index (χ0n) is 8.34. The predicted molar refractivity (Wildman–Crippen MR) is 51.5 cm³/mol. The van der Waals surface area contributed by atoms with Gasteiger partial charge in [-0.3, -0.25) is 4.55 Å². The van der Waals surface area contributed by atoms with Crippen molar-refractivity contribution in [3.63, 3.8) is 0 Å². The van der Waals surface area contributed by atoms with E-state index in [1.54, 1.807) is 0 Å². The first-order chi connectivity index (χ1) is 6.24. The lowest BCUT2D eigenvalue weighted by atomic mass is 9.88. The van der Waals surface area contributed by atoms with Crippen LogP contribution in [0.2, 0.25) is 0 Å².